The SMILES string of the molecule is CCC(=O)N1CCC2(CC1)NC(=O)N([C@@H]1CCCN(C(=O)c3cccc(F)c3)C1)C2=O. The molecule has 3 aliphatic rings. The quantitative estimate of drug-likeness (QED) is 0.740. The number of amides is 5. The zero-order valence-electron chi connectivity index (χ0n) is 17.6. The number of benzene rings is 1. The predicted octanol–water partition coefficient (Wildman–Crippen LogP) is 1.75. The molecule has 0 bridgehead atoms. The summed E-state index contributed by atoms with van der Waals surface area (Å²) < 4.78 is 13.5. The van der Waals surface area contributed by atoms with Gasteiger partial charge in [0, 0.05) is 38.2 Å². The van der Waals surface area contributed by atoms with Crippen LogP contribution in [-0.2, 0) is 9.59 Å². The van der Waals surface area contributed by atoms with Crippen molar-refractivity contribution in [2.45, 2.75) is 50.6 Å². The molecule has 4 rings (SSSR count). The number of urea groups is 1. The fraction of sp³-hybridized carbons (Fsp3) is 0.545. The smallest absolute Gasteiger partial charge is 0.325 e. The lowest BCUT2D eigenvalue weighted by atomic mass is 9.87. The largest absolute Gasteiger partial charge is 0.343 e. The molecule has 0 unspecified atom stereocenters. The number of nitrogens with one attached hydrogen (secondary N) is 1. The van der Waals surface area contributed by atoms with E-state index in [4.69, 9.17) is 0 Å². The van der Waals surface area contributed by atoms with E-state index in [2.05, 4.69) is 5.32 Å². The highest BCUT2D eigenvalue weighted by Gasteiger charge is 2.54. The Balaban J connectivity index is 1.46. The summed E-state index contributed by atoms with van der Waals surface area (Å²) >= 11 is 0. The average Bonchev–Trinajstić information content (AvgIpc) is 3.02. The van der Waals surface area contributed by atoms with Gasteiger partial charge in [-0.1, -0.05) is 13.0 Å². The minimum Gasteiger partial charge on any atom is -0.343 e. The monoisotopic (exact) mass is 430 g/mol. The van der Waals surface area contributed by atoms with Gasteiger partial charge in [-0.15, -0.1) is 0 Å². The van der Waals surface area contributed by atoms with E-state index in [0.29, 0.717) is 51.7 Å². The van der Waals surface area contributed by atoms with Gasteiger partial charge in [0.2, 0.25) is 5.91 Å². The molecule has 3 fully saturated rings. The first-order valence-electron chi connectivity index (χ1n) is 10.8. The molecule has 1 aromatic rings. The Morgan fingerprint density at radius 2 is 1.90 bits per heavy atom. The summed E-state index contributed by atoms with van der Waals surface area (Å²) in [6.45, 7) is 3.39. The van der Waals surface area contributed by atoms with E-state index in [-0.39, 0.29) is 29.8 Å². The summed E-state index contributed by atoms with van der Waals surface area (Å²) in [7, 11) is 0. The summed E-state index contributed by atoms with van der Waals surface area (Å²) in [5.41, 5.74) is -0.724. The van der Waals surface area contributed by atoms with Gasteiger partial charge in [-0.3, -0.25) is 19.3 Å². The molecule has 3 aliphatic heterocycles. The van der Waals surface area contributed by atoms with Crippen molar-refractivity contribution in [3.8, 4) is 0 Å². The van der Waals surface area contributed by atoms with E-state index in [0.717, 1.165) is 0 Å². The number of carbonyl (C=O) groups is 4. The lowest BCUT2D eigenvalue weighted by Gasteiger charge is -2.39. The molecule has 1 N–H and O–H groups in total. The van der Waals surface area contributed by atoms with Crippen molar-refractivity contribution in [2.24, 2.45) is 0 Å². The molecule has 8 nitrogen and oxygen atoms in total. The van der Waals surface area contributed by atoms with Gasteiger partial charge in [0.05, 0.1) is 6.04 Å². The second-order valence-corrected chi connectivity index (χ2v) is 8.48. The van der Waals surface area contributed by atoms with Crippen molar-refractivity contribution in [3.63, 3.8) is 0 Å². The Hall–Kier alpha value is -2.97. The molecule has 0 radical (unpaired) electrons. The number of imide groups is 1. The molecular weight excluding hydrogens is 403 g/mol. The Morgan fingerprint density at radius 3 is 2.58 bits per heavy atom. The molecule has 166 valence electrons. The van der Waals surface area contributed by atoms with Crippen molar-refractivity contribution < 1.29 is 23.6 Å². The van der Waals surface area contributed by atoms with E-state index in [1.165, 1.54) is 23.1 Å². The zero-order valence-corrected chi connectivity index (χ0v) is 17.6. The van der Waals surface area contributed by atoms with Crippen LogP contribution in [0.2, 0.25) is 0 Å². The van der Waals surface area contributed by atoms with Crippen LogP contribution in [-0.4, -0.2) is 76.2 Å². The molecule has 9 heteroatoms. The van der Waals surface area contributed by atoms with Gasteiger partial charge in [0.25, 0.3) is 11.8 Å². The first-order chi connectivity index (χ1) is 14.8. The fourth-order valence-corrected chi connectivity index (χ4v) is 4.83. The lowest BCUT2D eigenvalue weighted by Crippen LogP contribution is -2.57. The average molecular weight is 430 g/mol. The van der Waals surface area contributed by atoms with Crippen molar-refractivity contribution in [3.05, 3.63) is 35.6 Å². The second kappa shape index (κ2) is 8.28. The third-order valence-electron chi connectivity index (χ3n) is 6.59. The van der Waals surface area contributed by atoms with Gasteiger partial charge in [-0.2, -0.15) is 0 Å². The van der Waals surface area contributed by atoms with Crippen LogP contribution in [0.4, 0.5) is 9.18 Å². The standard InChI is InChI=1S/C22H27FN4O4/c1-2-18(28)25-11-8-22(9-12-25)20(30)27(21(31)24-22)17-7-4-10-26(14-17)19(29)15-5-3-6-16(23)13-15/h3,5-6,13,17H,2,4,7-12,14H2,1H3,(H,24,31)/t17-/m1/s1. The number of carbonyl (C=O) groups excluding carboxylic acids is 4. The fourth-order valence-electron chi connectivity index (χ4n) is 4.83. The van der Waals surface area contributed by atoms with Crippen molar-refractivity contribution in [2.75, 3.05) is 26.2 Å². The first kappa shape index (κ1) is 21.3. The molecule has 0 aliphatic carbocycles. The molecule has 3 saturated heterocycles. The van der Waals surface area contributed by atoms with E-state index in [1.807, 2.05) is 0 Å². The molecule has 0 saturated carbocycles. The maximum atomic E-state index is 13.5. The third kappa shape index (κ3) is 3.88. The number of piperidine rings is 2. The Kier molecular flexibility index (Phi) is 5.68. The molecule has 5 amide bonds. The highest BCUT2D eigenvalue weighted by molar-refractivity contribution is 6.07. The number of halogens is 1. The Morgan fingerprint density at radius 1 is 1.16 bits per heavy atom. The topological polar surface area (TPSA) is 90.0 Å². The number of hydrogen-bond donors (Lipinski definition) is 1. The summed E-state index contributed by atoms with van der Waals surface area (Å²) in [4.78, 5) is 55.4. The highest BCUT2D eigenvalue weighted by Crippen LogP contribution is 2.32. The molecule has 3 heterocycles. The van der Waals surface area contributed by atoms with E-state index >= 15 is 0 Å². The van der Waals surface area contributed by atoms with E-state index in [9.17, 15) is 23.6 Å². The van der Waals surface area contributed by atoms with E-state index < -0.39 is 23.4 Å². The van der Waals surface area contributed by atoms with Gasteiger partial charge < -0.3 is 15.1 Å². The van der Waals surface area contributed by atoms with E-state index in [1.54, 1.807) is 22.8 Å². The van der Waals surface area contributed by atoms with Crippen molar-refractivity contribution in [1.29, 1.82) is 0 Å². The zero-order chi connectivity index (χ0) is 22.2. The summed E-state index contributed by atoms with van der Waals surface area (Å²) in [6, 6.07) is 4.66. The van der Waals surface area contributed by atoms with Crippen LogP contribution >= 0.6 is 0 Å². The third-order valence-corrected chi connectivity index (χ3v) is 6.59. The van der Waals surface area contributed by atoms with Crippen LogP contribution in [0.1, 0.15) is 49.4 Å². The molecule has 1 aromatic carbocycles. The van der Waals surface area contributed by atoms with Gasteiger partial charge in [0.15, 0.2) is 0 Å². The van der Waals surface area contributed by atoms with Crippen LogP contribution < -0.4 is 5.32 Å². The summed E-state index contributed by atoms with van der Waals surface area (Å²) in [5.74, 6) is -1.02. The minimum atomic E-state index is -0.976. The number of nitrogens with zero attached hydrogens (tertiary/aromatic N) is 3. The lowest BCUT2D eigenvalue weighted by molar-refractivity contribution is -0.139. The van der Waals surface area contributed by atoms with Gasteiger partial charge in [-0.25, -0.2) is 9.18 Å². The van der Waals surface area contributed by atoms with Gasteiger partial charge in [0.1, 0.15) is 11.4 Å². The predicted molar refractivity (Wildman–Crippen MR) is 110 cm³/mol. The Labute approximate surface area is 180 Å². The summed E-state index contributed by atoms with van der Waals surface area (Å²) in [5, 5.41) is 2.87. The molecule has 31 heavy (non-hydrogen) atoms. The first-order valence-corrected chi connectivity index (χ1v) is 10.8. The van der Waals surface area contributed by atoms with Crippen molar-refractivity contribution >= 4 is 23.8 Å². The van der Waals surface area contributed by atoms with Crippen molar-refractivity contribution in [1.82, 2.24) is 20.0 Å². The molecular formula is C22H27FN4O4. The minimum absolute atomic E-state index is 0.0438. The molecule has 1 atom stereocenters. The Bertz CT molecular complexity index is 913. The number of likely N-dealkylation sites (tertiary alicyclic amines) is 2. The summed E-state index contributed by atoms with van der Waals surface area (Å²) in [6.07, 6.45) is 2.45. The molecule has 1 spiro atoms. The van der Waals surface area contributed by atoms with Gasteiger partial charge >= 0.3 is 6.03 Å². The van der Waals surface area contributed by atoms with Crippen LogP contribution in [0, 0.1) is 5.82 Å². The van der Waals surface area contributed by atoms with Crippen LogP contribution in [0.5, 0.6) is 0 Å². The maximum Gasteiger partial charge on any atom is 0.325 e. The number of rotatable bonds is 3. The second-order valence-electron chi connectivity index (χ2n) is 8.48. The van der Waals surface area contributed by atoms with Gasteiger partial charge in [-0.05, 0) is 43.9 Å². The molecule has 0 aromatic heterocycles. The van der Waals surface area contributed by atoms with Crippen LogP contribution in [0.3, 0.4) is 0 Å². The maximum absolute atomic E-state index is 13.5. The van der Waals surface area contributed by atoms with Crippen LogP contribution in [0.25, 0.3) is 0 Å². The normalized spacial score (nSPS) is 23.3. The highest BCUT2D eigenvalue weighted by atomic mass is 19.1. The number of hydrogen-bond acceptors (Lipinski definition) is 4. The van der Waals surface area contributed by atoms with Crippen LogP contribution in [0.15, 0.2) is 24.3 Å².